The number of rotatable bonds is 8. The van der Waals surface area contributed by atoms with Crippen LogP contribution in [0.1, 0.15) is 0 Å². The summed E-state index contributed by atoms with van der Waals surface area (Å²) >= 11 is 0. The third kappa shape index (κ3) is 6.18. The second-order valence-corrected chi connectivity index (χ2v) is 3.38. The minimum atomic E-state index is -1.33. The molecule has 0 radical (unpaired) electrons. The second kappa shape index (κ2) is 7.83. The molecule has 0 aromatic rings. The van der Waals surface area contributed by atoms with E-state index < -0.39 is 24.0 Å². The maximum atomic E-state index is 11.5. The molecule has 0 bridgehead atoms. The highest BCUT2D eigenvalue weighted by Gasteiger charge is 2.23. The van der Waals surface area contributed by atoms with Crippen molar-refractivity contribution in [1.29, 1.82) is 0 Å². The first-order valence-electron chi connectivity index (χ1n) is 5.01. The molecule has 0 spiro atoms. The van der Waals surface area contributed by atoms with E-state index in [9.17, 15) is 14.4 Å². The average Bonchev–Trinajstić information content (AvgIpc) is 2.33. The Hall–Kier alpha value is -2.41. The van der Waals surface area contributed by atoms with E-state index >= 15 is 0 Å². The van der Waals surface area contributed by atoms with Crippen molar-refractivity contribution in [1.82, 2.24) is 0 Å². The van der Waals surface area contributed by atoms with Crippen LogP contribution in [-0.2, 0) is 23.9 Å². The Bertz CT molecular complexity index is 433. The van der Waals surface area contributed by atoms with Crippen LogP contribution in [0.4, 0.5) is 0 Å². The fourth-order valence-corrected chi connectivity index (χ4v) is 0.940. The molecule has 19 heavy (non-hydrogen) atoms. The standard InChI is InChI=1S/C12H14O7/c1-7(4-5-10(13)14)12(17)19-9(6-18-3)8(2)11(15)16/h4-5,9H,1-2,6H2,3H3,(H,13,14)(H,15,16). The molecule has 1 unspecified atom stereocenters. The molecule has 2 N–H and O–H groups in total. The highest BCUT2D eigenvalue weighted by atomic mass is 16.6. The van der Waals surface area contributed by atoms with Gasteiger partial charge in [0.05, 0.1) is 17.8 Å². The number of carbonyl (C=O) groups is 3. The molecule has 0 amide bonds. The van der Waals surface area contributed by atoms with Crippen LogP contribution in [0, 0.1) is 0 Å². The van der Waals surface area contributed by atoms with Crippen LogP contribution >= 0.6 is 0 Å². The molecular formula is C12H14O7. The minimum absolute atomic E-state index is 0.188. The van der Waals surface area contributed by atoms with Gasteiger partial charge in [0.2, 0.25) is 0 Å². The maximum absolute atomic E-state index is 11.5. The Kier molecular flexibility index (Phi) is 6.83. The summed E-state index contributed by atoms with van der Waals surface area (Å²) in [7, 11) is 1.30. The van der Waals surface area contributed by atoms with Crippen molar-refractivity contribution in [3.63, 3.8) is 0 Å². The maximum Gasteiger partial charge on any atom is 0.338 e. The van der Waals surface area contributed by atoms with E-state index in [1.807, 2.05) is 0 Å². The first kappa shape index (κ1) is 16.6. The highest BCUT2D eigenvalue weighted by molar-refractivity contribution is 5.94. The lowest BCUT2D eigenvalue weighted by molar-refractivity contribution is -0.146. The summed E-state index contributed by atoms with van der Waals surface area (Å²) in [5.41, 5.74) is -0.591. The van der Waals surface area contributed by atoms with Crippen LogP contribution in [0.3, 0.4) is 0 Å². The molecule has 0 aliphatic heterocycles. The third-order valence-corrected chi connectivity index (χ3v) is 1.92. The number of ether oxygens (including phenoxy) is 2. The van der Waals surface area contributed by atoms with Gasteiger partial charge in [-0.3, -0.25) is 0 Å². The summed E-state index contributed by atoms with van der Waals surface area (Å²) in [5, 5.41) is 17.1. The van der Waals surface area contributed by atoms with Crippen LogP contribution < -0.4 is 0 Å². The summed E-state index contributed by atoms with van der Waals surface area (Å²) < 4.78 is 9.53. The lowest BCUT2D eigenvalue weighted by atomic mass is 10.2. The lowest BCUT2D eigenvalue weighted by Crippen LogP contribution is -2.28. The Balaban J connectivity index is 4.72. The number of hydrogen-bond donors (Lipinski definition) is 2. The number of carbonyl (C=O) groups excluding carboxylic acids is 1. The van der Waals surface area contributed by atoms with Gasteiger partial charge in [-0.15, -0.1) is 0 Å². The van der Waals surface area contributed by atoms with Crippen molar-refractivity contribution in [2.45, 2.75) is 6.10 Å². The van der Waals surface area contributed by atoms with E-state index in [4.69, 9.17) is 19.7 Å². The van der Waals surface area contributed by atoms with Gasteiger partial charge < -0.3 is 19.7 Å². The number of esters is 1. The molecule has 7 nitrogen and oxygen atoms in total. The van der Waals surface area contributed by atoms with Crippen LogP contribution in [0.15, 0.2) is 36.5 Å². The third-order valence-electron chi connectivity index (χ3n) is 1.92. The molecule has 0 saturated carbocycles. The Morgan fingerprint density at radius 1 is 1.21 bits per heavy atom. The van der Waals surface area contributed by atoms with Crippen molar-refractivity contribution in [3.8, 4) is 0 Å². The number of methoxy groups -OCH3 is 1. The van der Waals surface area contributed by atoms with E-state index in [0.29, 0.717) is 6.08 Å². The molecule has 0 saturated heterocycles. The fourth-order valence-electron chi connectivity index (χ4n) is 0.940. The molecule has 0 heterocycles. The van der Waals surface area contributed by atoms with Crippen LogP contribution in [0.25, 0.3) is 0 Å². The van der Waals surface area contributed by atoms with Crippen molar-refractivity contribution in [2.75, 3.05) is 13.7 Å². The number of aliphatic carboxylic acids is 2. The van der Waals surface area contributed by atoms with Gasteiger partial charge in [0.15, 0.2) is 6.10 Å². The van der Waals surface area contributed by atoms with Gasteiger partial charge in [0.1, 0.15) is 0 Å². The van der Waals surface area contributed by atoms with Gasteiger partial charge >= 0.3 is 17.9 Å². The molecule has 0 aromatic heterocycles. The molecule has 104 valence electrons. The molecule has 0 fully saturated rings. The summed E-state index contributed by atoms with van der Waals surface area (Å²) in [6.45, 7) is 6.37. The molecule has 0 rings (SSSR count). The van der Waals surface area contributed by atoms with E-state index in [1.54, 1.807) is 0 Å². The van der Waals surface area contributed by atoms with Crippen LogP contribution in [-0.4, -0.2) is 47.9 Å². The van der Waals surface area contributed by atoms with Crippen molar-refractivity contribution >= 4 is 17.9 Å². The van der Waals surface area contributed by atoms with E-state index in [-0.39, 0.29) is 17.8 Å². The predicted molar refractivity (Wildman–Crippen MR) is 64.4 cm³/mol. The Labute approximate surface area is 109 Å². The van der Waals surface area contributed by atoms with Gasteiger partial charge in [-0.05, 0) is 6.08 Å². The summed E-state index contributed by atoms with van der Waals surface area (Å²) in [5.74, 6) is -3.54. The quantitative estimate of drug-likeness (QED) is 0.372. The van der Waals surface area contributed by atoms with Crippen molar-refractivity contribution in [2.24, 2.45) is 0 Å². The van der Waals surface area contributed by atoms with E-state index in [2.05, 4.69) is 13.2 Å². The van der Waals surface area contributed by atoms with E-state index in [1.165, 1.54) is 7.11 Å². The van der Waals surface area contributed by atoms with Gasteiger partial charge in [-0.25, -0.2) is 14.4 Å². The fraction of sp³-hybridized carbons (Fsp3) is 0.250. The average molecular weight is 270 g/mol. The predicted octanol–water partition coefficient (Wildman–Crippen LogP) is 0.382. The second-order valence-electron chi connectivity index (χ2n) is 3.38. The Morgan fingerprint density at radius 3 is 2.21 bits per heavy atom. The molecule has 7 heteroatoms. The van der Waals surface area contributed by atoms with Crippen LogP contribution in [0.5, 0.6) is 0 Å². The zero-order valence-corrected chi connectivity index (χ0v) is 10.3. The molecule has 0 aliphatic carbocycles. The molecule has 0 aliphatic rings. The van der Waals surface area contributed by atoms with Crippen molar-refractivity contribution < 1.29 is 34.1 Å². The summed E-state index contributed by atoms with van der Waals surface area (Å²) in [4.78, 5) is 32.5. The zero-order valence-electron chi connectivity index (χ0n) is 10.3. The van der Waals surface area contributed by atoms with Gasteiger partial charge in [-0.1, -0.05) is 13.2 Å². The monoisotopic (exact) mass is 270 g/mol. The largest absolute Gasteiger partial charge is 0.478 e. The number of carboxylic acid groups (broad SMARTS) is 2. The number of hydrogen-bond acceptors (Lipinski definition) is 5. The molecular weight excluding hydrogens is 256 g/mol. The first-order valence-corrected chi connectivity index (χ1v) is 5.01. The topological polar surface area (TPSA) is 110 Å². The highest BCUT2D eigenvalue weighted by Crippen LogP contribution is 2.09. The van der Waals surface area contributed by atoms with Gasteiger partial charge in [0, 0.05) is 13.2 Å². The lowest BCUT2D eigenvalue weighted by Gasteiger charge is -2.16. The minimum Gasteiger partial charge on any atom is -0.478 e. The normalized spacial score (nSPS) is 11.8. The first-order chi connectivity index (χ1) is 8.79. The number of carboxylic acids is 2. The van der Waals surface area contributed by atoms with Gasteiger partial charge in [0.25, 0.3) is 0 Å². The molecule has 0 aromatic carbocycles. The van der Waals surface area contributed by atoms with Crippen LogP contribution in [0.2, 0.25) is 0 Å². The van der Waals surface area contributed by atoms with Crippen molar-refractivity contribution in [3.05, 3.63) is 36.5 Å². The Morgan fingerprint density at radius 2 is 1.79 bits per heavy atom. The molecule has 1 atom stereocenters. The SMILES string of the molecule is C=C(C=CC(=O)O)C(=O)OC(COC)C(=C)C(=O)O. The smallest absolute Gasteiger partial charge is 0.338 e. The summed E-state index contributed by atoms with van der Waals surface area (Å²) in [6, 6.07) is 0. The van der Waals surface area contributed by atoms with Gasteiger partial charge in [-0.2, -0.15) is 0 Å². The summed E-state index contributed by atoms with van der Waals surface area (Å²) in [6.07, 6.45) is 0.476. The zero-order chi connectivity index (χ0) is 15.0. The van der Waals surface area contributed by atoms with E-state index in [0.717, 1.165) is 6.08 Å².